The molecule has 0 radical (unpaired) electrons. The molecular formula is C28H27FN2. The monoisotopic (exact) mass is 410 g/mol. The maximum absolute atomic E-state index is 15.3. The van der Waals surface area contributed by atoms with Gasteiger partial charge in [-0.15, -0.1) is 0 Å². The van der Waals surface area contributed by atoms with Gasteiger partial charge >= 0.3 is 0 Å². The molecule has 0 saturated heterocycles. The quantitative estimate of drug-likeness (QED) is 0.206. The molecule has 0 atom stereocenters. The fraction of sp³-hybridized carbons (Fsp3) is 0.250. The number of fused-ring (bicyclic) bond motifs is 6. The van der Waals surface area contributed by atoms with E-state index < -0.39 is 0 Å². The molecule has 2 nitrogen and oxygen atoms in total. The van der Waals surface area contributed by atoms with Crippen LogP contribution in [0.15, 0.2) is 66.9 Å². The number of aryl methyl sites for hydroxylation is 2. The third-order valence-corrected chi connectivity index (χ3v) is 6.22. The van der Waals surface area contributed by atoms with Crippen molar-refractivity contribution in [2.75, 3.05) is 0 Å². The third kappa shape index (κ3) is 3.48. The summed E-state index contributed by atoms with van der Waals surface area (Å²) in [7, 11) is 0. The minimum absolute atomic E-state index is 0.194. The highest BCUT2D eigenvalue weighted by atomic mass is 19.1. The number of benzene rings is 3. The van der Waals surface area contributed by atoms with E-state index in [2.05, 4.69) is 47.7 Å². The van der Waals surface area contributed by atoms with Crippen molar-refractivity contribution in [3.63, 3.8) is 0 Å². The van der Waals surface area contributed by atoms with Gasteiger partial charge in [-0.1, -0.05) is 68.7 Å². The summed E-state index contributed by atoms with van der Waals surface area (Å²) in [6.07, 6.45) is 8.13. The zero-order chi connectivity index (χ0) is 21.4. The summed E-state index contributed by atoms with van der Waals surface area (Å²) in [5.74, 6) is -0.194. The molecule has 0 spiro atoms. The molecule has 3 aromatic carbocycles. The Morgan fingerprint density at radius 1 is 0.871 bits per heavy atom. The van der Waals surface area contributed by atoms with E-state index in [1.165, 1.54) is 31.2 Å². The highest BCUT2D eigenvalue weighted by Gasteiger charge is 2.17. The minimum Gasteiger partial charge on any atom is -0.299 e. The number of halogens is 1. The lowest BCUT2D eigenvalue weighted by Crippen LogP contribution is -1.95. The first-order valence-corrected chi connectivity index (χ1v) is 11.3. The van der Waals surface area contributed by atoms with Gasteiger partial charge in [0.2, 0.25) is 0 Å². The first-order chi connectivity index (χ1) is 15.2. The van der Waals surface area contributed by atoms with E-state index in [9.17, 15) is 0 Å². The van der Waals surface area contributed by atoms with Gasteiger partial charge in [-0.3, -0.25) is 4.40 Å². The average molecular weight is 411 g/mol. The van der Waals surface area contributed by atoms with Crippen molar-refractivity contribution in [2.24, 2.45) is 0 Å². The smallest absolute Gasteiger partial charge is 0.145 e. The summed E-state index contributed by atoms with van der Waals surface area (Å²) in [5, 5.41) is 2.96. The Bertz CT molecular complexity index is 1380. The van der Waals surface area contributed by atoms with Gasteiger partial charge in [-0.25, -0.2) is 9.37 Å². The summed E-state index contributed by atoms with van der Waals surface area (Å²) in [6, 6.07) is 20.1. The Morgan fingerprint density at radius 2 is 1.68 bits per heavy atom. The van der Waals surface area contributed by atoms with Crippen molar-refractivity contribution in [1.29, 1.82) is 0 Å². The Kier molecular flexibility index (Phi) is 5.19. The van der Waals surface area contributed by atoms with E-state index in [1.54, 1.807) is 6.07 Å². The van der Waals surface area contributed by atoms with Gasteiger partial charge in [0, 0.05) is 27.9 Å². The molecule has 0 unspecified atom stereocenters. The molecule has 0 aliphatic carbocycles. The van der Waals surface area contributed by atoms with Crippen LogP contribution in [0.25, 0.3) is 38.4 Å². The van der Waals surface area contributed by atoms with Crippen LogP contribution in [0.4, 0.5) is 4.39 Å². The number of para-hydroxylation sites is 1. The van der Waals surface area contributed by atoms with Crippen LogP contribution >= 0.6 is 0 Å². The number of aromatic nitrogens is 2. The Morgan fingerprint density at radius 3 is 2.48 bits per heavy atom. The molecular weight excluding hydrogens is 383 g/mol. The second kappa shape index (κ2) is 8.14. The van der Waals surface area contributed by atoms with E-state index in [4.69, 9.17) is 4.98 Å². The normalized spacial score (nSPS) is 11.7. The van der Waals surface area contributed by atoms with Crippen LogP contribution in [0.3, 0.4) is 0 Å². The molecule has 0 amide bonds. The van der Waals surface area contributed by atoms with Crippen molar-refractivity contribution in [3.05, 3.63) is 83.9 Å². The largest absolute Gasteiger partial charge is 0.299 e. The van der Waals surface area contributed by atoms with Crippen LogP contribution in [0.5, 0.6) is 0 Å². The molecule has 0 fully saturated rings. The second-order valence-corrected chi connectivity index (χ2v) is 8.45. The van der Waals surface area contributed by atoms with Crippen molar-refractivity contribution in [1.82, 2.24) is 9.38 Å². The van der Waals surface area contributed by atoms with E-state index >= 15 is 4.39 Å². The molecule has 0 bridgehead atoms. The summed E-state index contributed by atoms with van der Waals surface area (Å²) in [6.45, 7) is 4.23. The fourth-order valence-corrected chi connectivity index (χ4v) is 4.69. The Balaban J connectivity index is 1.70. The summed E-state index contributed by atoms with van der Waals surface area (Å²) >= 11 is 0. The Labute approximate surface area is 182 Å². The van der Waals surface area contributed by atoms with Crippen LogP contribution in [0, 0.1) is 12.7 Å². The van der Waals surface area contributed by atoms with Crippen LogP contribution in [0.1, 0.15) is 43.9 Å². The number of pyridine rings is 1. The molecule has 5 rings (SSSR count). The highest BCUT2D eigenvalue weighted by Crippen LogP contribution is 2.38. The van der Waals surface area contributed by atoms with E-state index in [1.807, 2.05) is 31.3 Å². The van der Waals surface area contributed by atoms with Crippen LogP contribution in [-0.4, -0.2) is 9.38 Å². The van der Waals surface area contributed by atoms with Gasteiger partial charge in [0.05, 0.1) is 11.2 Å². The van der Waals surface area contributed by atoms with E-state index in [0.29, 0.717) is 5.56 Å². The first-order valence-electron chi connectivity index (χ1n) is 11.3. The Hall–Kier alpha value is -3.20. The SMILES string of the molecule is CCCCCCc1ccc(-c2c(F)ccc3c2c2ccccc2n2cc(C)nc32)cc1. The summed E-state index contributed by atoms with van der Waals surface area (Å²) < 4.78 is 17.4. The standard InChI is InChI=1S/C28H27FN2/c1-3-4-5-6-9-20-12-14-21(15-13-20)26-24(29)17-16-23-27(26)22-10-7-8-11-25(22)31-18-19(2)30-28(23)31/h7-8,10-18H,3-6,9H2,1-2H3. The second-order valence-electron chi connectivity index (χ2n) is 8.45. The average Bonchev–Trinajstić information content (AvgIpc) is 3.19. The zero-order valence-electron chi connectivity index (χ0n) is 18.2. The van der Waals surface area contributed by atoms with Crippen LogP contribution in [-0.2, 0) is 6.42 Å². The molecule has 0 saturated carbocycles. The van der Waals surface area contributed by atoms with Gasteiger partial charge < -0.3 is 0 Å². The number of imidazole rings is 1. The van der Waals surface area contributed by atoms with Crippen molar-refractivity contribution < 1.29 is 4.39 Å². The maximum Gasteiger partial charge on any atom is 0.145 e. The van der Waals surface area contributed by atoms with Crippen molar-refractivity contribution in [2.45, 2.75) is 46.0 Å². The van der Waals surface area contributed by atoms with Gasteiger partial charge in [0.15, 0.2) is 0 Å². The third-order valence-electron chi connectivity index (χ3n) is 6.22. The van der Waals surface area contributed by atoms with E-state index in [-0.39, 0.29) is 5.82 Å². The lowest BCUT2D eigenvalue weighted by Gasteiger charge is -2.14. The predicted molar refractivity (Wildman–Crippen MR) is 128 cm³/mol. The molecule has 3 heteroatoms. The lowest BCUT2D eigenvalue weighted by atomic mass is 9.94. The molecule has 31 heavy (non-hydrogen) atoms. The van der Waals surface area contributed by atoms with E-state index in [0.717, 1.165) is 45.0 Å². The van der Waals surface area contributed by atoms with Crippen LogP contribution in [0.2, 0.25) is 0 Å². The minimum atomic E-state index is -0.194. The summed E-state index contributed by atoms with van der Waals surface area (Å²) in [5.41, 5.74) is 5.77. The van der Waals surface area contributed by atoms with Gasteiger partial charge in [-0.2, -0.15) is 0 Å². The van der Waals surface area contributed by atoms with Gasteiger partial charge in [0.1, 0.15) is 11.5 Å². The summed E-state index contributed by atoms with van der Waals surface area (Å²) in [4.78, 5) is 4.76. The number of unbranched alkanes of at least 4 members (excludes halogenated alkanes) is 3. The van der Waals surface area contributed by atoms with Gasteiger partial charge in [0.25, 0.3) is 0 Å². The first kappa shape index (κ1) is 19.7. The molecule has 0 aliphatic heterocycles. The lowest BCUT2D eigenvalue weighted by molar-refractivity contribution is 0.633. The predicted octanol–water partition coefficient (Wildman–Crippen LogP) is 7.88. The van der Waals surface area contributed by atoms with Crippen molar-refractivity contribution in [3.8, 4) is 11.1 Å². The number of nitrogens with zero attached hydrogens (tertiary/aromatic N) is 2. The van der Waals surface area contributed by atoms with Crippen LogP contribution < -0.4 is 0 Å². The van der Waals surface area contributed by atoms with Crippen molar-refractivity contribution >= 4 is 27.3 Å². The molecule has 156 valence electrons. The molecule has 5 aromatic rings. The number of hydrogen-bond donors (Lipinski definition) is 0. The molecule has 0 N–H and O–H groups in total. The van der Waals surface area contributed by atoms with Gasteiger partial charge in [-0.05, 0) is 49.1 Å². The highest BCUT2D eigenvalue weighted by molar-refractivity contribution is 6.17. The zero-order valence-corrected chi connectivity index (χ0v) is 18.2. The molecule has 2 aromatic heterocycles. The molecule has 0 aliphatic rings. The number of hydrogen-bond acceptors (Lipinski definition) is 1. The number of rotatable bonds is 6. The fourth-order valence-electron chi connectivity index (χ4n) is 4.69. The molecule has 2 heterocycles. The maximum atomic E-state index is 15.3. The topological polar surface area (TPSA) is 17.3 Å².